The molecule has 0 aromatic heterocycles. The van der Waals surface area contributed by atoms with Crippen LogP contribution in [0.4, 0.5) is 29.3 Å². The number of alkyl halides is 3. The first-order valence-electron chi connectivity index (χ1n) is 6.05. The van der Waals surface area contributed by atoms with E-state index in [-0.39, 0.29) is 22.4 Å². The van der Waals surface area contributed by atoms with Crippen LogP contribution in [0, 0.1) is 0 Å². The predicted molar refractivity (Wildman–Crippen MR) is 79.1 cm³/mol. The highest BCUT2D eigenvalue weighted by Gasteiger charge is 2.28. The van der Waals surface area contributed by atoms with E-state index in [1.807, 2.05) is 0 Å². The molecule has 22 heavy (non-hydrogen) atoms. The lowest BCUT2D eigenvalue weighted by atomic mass is 10.3. The average Bonchev–Trinajstić information content (AvgIpc) is 2.42. The molecule has 2 aromatic carbocycles. The standard InChI is InChI=1S/C14H11F3N2O2S/c15-14(16,17)22-12-7-3-10(4-8-12)19-13(21)18-9-1-5-11(20)6-2-9/h1-8,20H,(H2,18,19,21). The number of halogens is 3. The van der Waals surface area contributed by atoms with E-state index in [1.165, 1.54) is 48.5 Å². The number of carbonyl (C=O) groups is 1. The van der Waals surface area contributed by atoms with Gasteiger partial charge in [-0.1, -0.05) is 0 Å². The number of carbonyl (C=O) groups excluding carboxylic acids is 1. The molecule has 0 spiro atoms. The van der Waals surface area contributed by atoms with Crippen molar-refractivity contribution in [3.8, 4) is 5.75 Å². The Bertz CT molecular complexity index is 643. The van der Waals surface area contributed by atoms with Crippen molar-refractivity contribution in [3.63, 3.8) is 0 Å². The van der Waals surface area contributed by atoms with E-state index in [4.69, 9.17) is 5.11 Å². The highest BCUT2D eigenvalue weighted by Crippen LogP contribution is 2.37. The van der Waals surface area contributed by atoms with Crippen LogP contribution in [0.25, 0.3) is 0 Å². The van der Waals surface area contributed by atoms with Gasteiger partial charge in [0.2, 0.25) is 0 Å². The predicted octanol–water partition coefficient (Wildman–Crippen LogP) is 4.65. The fraction of sp³-hybridized carbons (Fsp3) is 0.0714. The molecular formula is C14H11F3N2O2S. The molecule has 2 aromatic rings. The van der Waals surface area contributed by atoms with Crippen molar-refractivity contribution in [2.45, 2.75) is 10.4 Å². The lowest BCUT2D eigenvalue weighted by molar-refractivity contribution is -0.0328. The van der Waals surface area contributed by atoms with Crippen LogP contribution in [0.15, 0.2) is 53.4 Å². The summed E-state index contributed by atoms with van der Waals surface area (Å²) in [6, 6.07) is 10.6. The van der Waals surface area contributed by atoms with Crippen molar-refractivity contribution in [1.29, 1.82) is 0 Å². The number of aromatic hydroxyl groups is 1. The molecule has 2 rings (SSSR count). The summed E-state index contributed by atoms with van der Waals surface area (Å²) < 4.78 is 36.6. The average molecular weight is 328 g/mol. The van der Waals surface area contributed by atoms with E-state index in [0.29, 0.717) is 11.4 Å². The van der Waals surface area contributed by atoms with Gasteiger partial charge in [-0.15, -0.1) is 0 Å². The second kappa shape index (κ2) is 6.61. The number of anilines is 2. The minimum atomic E-state index is -4.34. The molecule has 116 valence electrons. The van der Waals surface area contributed by atoms with Crippen molar-refractivity contribution >= 4 is 29.2 Å². The number of thioether (sulfide) groups is 1. The van der Waals surface area contributed by atoms with E-state index >= 15 is 0 Å². The third-order valence-electron chi connectivity index (χ3n) is 2.47. The molecule has 4 nitrogen and oxygen atoms in total. The van der Waals surface area contributed by atoms with Crippen LogP contribution in [0.5, 0.6) is 5.75 Å². The number of hydrogen-bond donors (Lipinski definition) is 3. The van der Waals surface area contributed by atoms with Crippen molar-refractivity contribution in [2.24, 2.45) is 0 Å². The minimum Gasteiger partial charge on any atom is -0.508 e. The van der Waals surface area contributed by atoms with E-state index in [0.717, 1.165) is 0 Å². The van der Waals surface area contributed by atoms with Crippen LogP contribution in [0.2, 0.25) is 0 Å². The van der Waals surface area contributed by atoms with Crippen molar-refractivity contribution in [1.82, 2.24) is 0 Å². The highest BCUT2D eigenvalue weighted by atomic mass is 32.2. The van der Waals surface area contributed by atoms with E-state index in [1.54, 1.807) is 0 Å². The third kappa shape index (κ3) is 5.21. The Labute approximate surface area is 128 Å². The zero-order valence-corrected chi connectivity index (χ0v) is 11.8. The summed E-state index contributed by atoms with van der Waals surface area (Å²) in [4.78, 5) is 11.7. The molecule has 0 unspecified atom stereocenters. The number of amides is 2. The third-order valence-corrected chi connectivity index (χ3v) is 3.21. The largest absolute Gasteiger partial charge is 0.508 e. The number of urea groups is 1. The lowest BCUT2D eigenvalue weighted by Crippen LogP contribution is -2.19. The monoisotopic (exact) mass is 328 g/mol. The zero-order chi connectivity index (χ0) is 16.2. The topological polar surface area (TPSA) is 61.4 Å². The molecule has 0 atom stereocenters. The lowest BCUT2D eigenvalue weighted by Gasteiger charge is -2.09. The summed E-state index contributed by atoms with van der Waals surface area (Å²) in [6.45, 7) is 0. The Morgan fingerprint density at radius 3 is 1.82 bits per heavy atom. The summed E-state index contributed by atoms with van der Waals surface area (Å²) in [5.41, 5.74) is -3.51. The minimum absolute atomic E-state index is 0.0389. The summed E-state index contributed by atoms with van der Waals surface area (Å²) >= 11 is -0.220. The van der Waals surface area contributed by atoms with E-state index in [9.17, 15) is 18.0 Å². The first-order chi connectivity index (χ1) is 10.3. The van der Waals surface area contributed by atoms with Gasteiger partial charge in [0.25, 0.3) is 0 Å². The molecule has 0 saturated carbocycles. The van der Waals surface area contributed by atoms with Gasteiger partial charge in [-0.05, 0) is 60.3 Å². The summed E-state index contributed by atoms with van der Waals surface area (Å²) in [5.74, 6) is 0.0729. The summed E-state index contributed by atoms with van der Waals surface area (Å²) in [5, 5.41) is 14.1. The van der Waals surface area contributed by atoms with Crippen LogP contribution in [-0.2, 0) is 0 Å². The first-order valence-corrected chi connectivity index (χ1v) is 6.86. The van der Waals surface area contributed by atoms with Gasteiger partial charge in [0.1, 0.15) is 5.75 Å². The van der Waals surface area contributed by atoms with Gasteiger partial charge in [-0.2, -0.15) is 13.2 Å². The molecule has 0 saturated heterocycles. The smallest absolute Gasteiger partial charge is 0.446 e. The SMILES string of the molecule is O=C(Nc1ccc(O)cc1)Nc1ccc(SC(F)(F)F)cc1. The van der Waals surface area contributed by atoms with E-state index in [2.05, 4.69) is 10.6 Å². The van der Waals surface area contributed by atoms with Gasteiger partial charge >= 0.3 is 11.5 Å². The molecule has 2 amide bonds. The molecular weight excluding hydrogens is 317 g/mol. The molecule has 0 radical (unpaired) electrons. The second-order valence-electron chi connectivity index (χ2n) is 4.20. The van der Waals surface area contributed by atoms with Gasteiger partial charge in [0, 0.05) is 16.3 Å². The molecule has 3 N–H and O–H groups in total. The number of rotatable bonds is 3. The van der Waals surface area contributed by atoms with Crippen molar-refractivity contribution < 1.29 is 23.1 Å². The highest BCUT2D eigenvalue weighted by molar-refractivity contribution is 8.00. The Hall–Kier alpha value is -2.35. The number of hydrogen-bond acceptors (Lipinski definition) is 3. The zero-order valence-electron chi connectivity index (χ0n) is 11.0. The number of nitrogens with one attached hydrogen (secondary N) is 2. The Morgan fingerprint density at radius 1 is 0.909 bits per heavy atom. The summed E-state index contributed by atoms with van der Waals surface area (Å²) in [7, 11) is 0. The molecule has 0 fully saturated rings. The number of phenolic OH excluding ortho intramolecular Hbond substituents is 1. The second-order valence-corrected chi connectivity index (χ2v) is 5.34. The molecule has 0 heterocycles. The van der Waals surface area contributed by atoms with Gasteiger partial charge in [-0.25, -0.2) is 4.79 Å². The maximum Gasteiger partial charge on any atom is 0.446 e. The first kappa shape index (κ1) is 16.0. The van der Waals surface area contributed by atoms with Crippen LogP contribution < -0.4 is 10.6 Å². The van der Waals surface area contributed by atoms with E-state index < -0.39 is 11.5 Å². The number of phenols is 1. The van der Waals surface area contributed by atoms with Gasteiger partial charge in [0.05, 0.1) is 0 Å². The molecule has 8 heteroatoms. The van der Waals surface area contributed by atoms with Crippen molar-refractivity contribution in [3.05, 3.63) is 48.5 Å². The fourth-order valence-electron chi connectivity index (χ4n) is 1.58. The molecule has 0 aliphatic rings. The van der Waals surface area contributed by atoms with Crippen LogP contribution in [0.1, 0.15) is 0 Å². The maximum atomic E-state index is 12.2. The van der Waals surface area contributed by atoms with Gasteiger partial charge < -0.3 is 15.7 Å². The molecule has 0 aliphatic carbocycles. The van der Waals surface area contributed by atoms with Crippen molar-refractivity contribution in [2.75, 3.05) is 10.6 Å². The Morgan fingerprint density at radius 2 is 1.36 bits per heavy atom. The maximum absolute atomic E-state index is 12.2. The fourth-order valence-corrected chi connectivity index (χ4v) is 2.12. The Kier molecular flexibility index (Phi) is 4.81. The Balaban J connectivity index is 1.93. The molecule has 0 aliphatic heterocycles. The summed E-state index contributed by atoms with van der Waals surface area (Å²) in [6.07, 6.45) is 0. The normalized spacial score (nSPS) is 11.0. The van der Waals surface area contributed by atoms with Crippen LogP contribution in [0.3, 0.4) is 0 Å². The van der Waals surface area contributed by atoms with Crippen LogP contribution in [-0.4, -0.2) is 16.6 Å². The van der Waals surface area contributed by atoms with Gasteiger partial charge in [0.15, 0.2) is 0 Å². The quantitative estimate of drug-likeness (QED) is 0.568. The number of benzene rings is 2. The molecule has 0 bridgehead atoms. The van der Waals surface area contributed by atoms with Crippen LogP contribution >= 0.6 is 11.8 Å². The van der Waals surface area contributed by atoms with Gasteiger partial charge in [-0.3, -0.25) is 0 Å².